The van der Waals surface area contributed by atoms with Crippen LogP contribution >= 0.6 is 23.7 Å². The quantitative estimate of drug-likeness (QED) is 0.878. The van der Waals surface area contributed by atoms with Gasteiger partial charge in [-0.05, 0) is 25.7 Å². The normalized spacial score (nSPS) is 21.7. The summed E-state index contributed by atoms with van der Waals surface area (Å²) in [5.41, 5.74) is 1.14. The van der Waals surface area contributed by atoms with E-state index < -0.39 is 0 Å². The molecule has 0 radical (unpaired) electrons. The Bertz CT molecular complexity index is 437. The van der Waals surface area contributed by atoms with Crippen molar-refractivity contribution in [3.63, 3.8) is 0 Å². The Morgan fingerprint density at radius 1 is 1.45 bits per heavy atom. The van der Waals surface area contributed by atoms with Gasteiger partial charge in [0, 0.05) is 24.5 Å². The van der Waals surface area contributed by atoms with E-state index in [1.165, 1.54) is 17.7 Å². The number of carbonyl (C=O) groups is 1. The number of rotatable bonds is 3. The van der Waals surface area contributed by atoms with Crippen molar-refractivity contribution in [3.8, 4) is 0 Å². The van der Waals surface area contributed by atoms with Gasteiger partial charge in [0.2, 0.25) is 0 Å². The molecule has 1 unspecified atom stereocenters. The second-order valence-electron chi connectivity index (χ2n) is 5.00. The highest BCUT2D eigenvalue weighted by Gasteiger charge is 2.20. The summed E-state index contributed by atoms with van der Waals surface area (Å²) in [7, 11) is 0. The van der Waals surface area contributed by atoms with Crippen molar-refractivity contribution in [2.45, 2.75) is 31.8 Å². The standard InChI is InChI=1S/C13H19N3O2S.ClH/c17-12(15-8-9-7-14-5-6-18-9)13-16-10-3-1-2-4-11(10)19-13;/h9,14H,1-8H2,(H,15,17);1H. The van der Waals surface area contributed by atoms with Gasteiger partial charge in [0.25, 0.3) is 5.91 Å². The molecule has 112 valence electrons. The van der Waals surface area contributed by atoms with Crippen LogP contribution in [0.2, 0.25) is 0 Å². The first kappa shape index (κ1) is 15.7. The molecule has 2 aliphatic rings. The van der Waals surface area contributed by atoms with Crippen molar-refractivity contribution in [2.75, 3.05) is 26.2 Å². The molecule has 1 aliphatic carbocycles. The highest BCUT2D eigenvalue weighted by atomic mass is 35.5. The van der Waals surface area contributed by atoms with Gasteiger partial charge in [-0.15, -0.1) is 23.7 Å². The van der Waals surface area contributed by atoms with Crippen LogP contribution in [0.25, 0.3) is 0 Å². The van der Waals surface area contributed by atoms with E-state index in [4.69, 9.17) is 4.74 Å². The maximum Gasteiger partial charge on any atom is 0.280 e. The third-order valence-electron chi connectivity index (χ3n) is 3.53. The summed E-state index contributed by atoms with van der Waals surface area (Å²) < 4.78 is 5.55. The number of nitrogens with zero attached hydrogens (tertiary/aromatic N) is 1. The molecule has 20 heavy (non-hydrogen) atoms. The second-order valence-corrected chi connectivity index (χ2v) is 6.09. The minimum Gasteiger partial charge on any atom is -0.374 e. The number of hydrogen-bond acceptors (Lipinski definition) is 5. The van der Waals surface area contributed by atoms with E-state index in [2.05, 4.69) is 15.6 Å². The average Bonchev–Trinajstić information content (AvgIpc) is 2.90. The lowest BCUT2D eigenvalue weighted by molar-refractivity contribution is 0.0287. The van der Waals surface area contributed by atoms with Crippen molar-refractivity contribution >= 4 is 29.7 Å². The second kappa shape index (κ2) is 7.36. The number of halogens is 1. The molecule has 7 heteroatoms. The molecule has 1 aliphatic heterocycles. The molecule has 1 saturated heterocycles. The van der Waals surface area contributed by atoms with E-state index >= 15 is 0 Å². The molecule has 1 aromatic rings. The average molecular weight is 318 g/mol. The van der Waals surface area contributed by atoms with Crippen LogP contribution in [0.4, 0.5) is 0 Å². The van der Waals surface area contributed by atoms with E-state index in [1.54, 1.807) is 11.3 Å². The van der Waals surface area contributed by atoms with E-state index in [-0.39, 0.29) is 24.4 Å². The number of carbonyl (C=O) groups excluding carboxylic acids is 1. The van der Waals surface area contributed by atoms with Crippen LogP contribution in [0, 0.1) is 0 Å². The number of nitrogens with one attached hydrogen (secondary N) is 2. The number of amides is 1. The Labute approximate surface area is 128 Å². The zero-order chi connectivity index (χ0) is 13.1. The number of aromatic nitrogens is 1. The number of fused-ring (bicyclic) bond motifs is 1. The molecule has 0 aromatic carbocycles. The Hall–Kier alpha value is -0.690. The van der Waals surface area contributed by atoms with Crippen molar-refractivity contribution in [3.05, 3.63) is 15.6 Å². The number of thiazole rings is 1. The summed E-state index contributed by atoms with van der Waals surface area (Å²) >= 11 is 1.55. The first-order valence-corrected chi connectivity index (χ1v) is 7.73. The van der Waals surface area contributed by atoms with Gasteiger partial charge in [-0.1, -0.05) is 0 Å². The van der Waals surface area contributed by atoms with E-state index in [1.807, 2.05) is 0 Å². The van der Waals surface area contributed by atoms with Crippen molar-refractivity contribution < 1.29 is 9.53 Å². The smallest absolute Gasteiger partial charge is 0.280 e. The minimum absolute atomic E-state index is 0. The zero-order valence-corrected chi connectivity index (χ0v) is 12.9. The van der Waals surface area contributed by atoms with Gasteiger partial charge in [-0.2, -0.15) is 0 Å². The maximum atomic E-state index is 12.1. The number of aryl methyl sites for hydroxylation is 2. The Morgan fingerprint density at radius 3 is 3.05 bits per heavy atom. The number of morpholine rings is 1. The molecule has 1 fully saturated rings. The number of hydrogen-bond donors (Lipinski definition) is 2. The van der Waals surface area contributed by atoms with Crippen LogP contribution in [0.15, 0.2) is 0 Å². The van der Waals surface area contributed by atoms with Crippen molar-refractivity contribution in [1.82, 2.24) is 15.6 Å². The molecule has 0 bridgehead atoms. The number of ether oxygens (including phenoxy) is 1. The first-order valence-electron chi connectivity index (χ1n) is 6.92. The first-order chi connectivity index (χ1) is 9.33. The monoisotopic (exact) mass is 317 g/mol. The molecule has 0 saturated carbocycles. The Morgan fingerprint density at radius 2 is 2.30 bits per heavy atom. The maximum absolute atomic E-state index is 12.1. The van der Waals surface area contributed by atoms with Crippen LogP contribution in [0.1, 0.15) is 33.2 Å². The van der Waals surface area contributed by atoms with Crippen LogP contribution < -0.4 is 10.6 Å². The molecule has 0 spiro atoms. The highest BCUT2D eigenvalue weighted by molar-refractivity contribution is 7.13. The van der Waals surface area contributed by atoms with E-state index in [0.717, 1.165) is 31.6 Å². The fraction of sp³-hybridized carbons (Fsp3) is 0.692. The molecule has 2 heterocycles. The lowest BCUT2D eigenvalue weighted by Gasteiger charge is -2.23. The van der Waals surface area contributed by atoms with E-state index in [0.29, 0.717) is 18.2 Å². The van der Waals surface area contributed by atoms with Crippen LogP contribution in [-0.2, 0) is 17.6 Å². The van der Waals surface area contributed by atoms with Gasteiger partial charge < -0.3 is 15.4 Å². The molecule has 5 nitrogen and oxygen atoms in total. The molecule has 2 N–H and O–H groups in total. The zero-order valence-electron chi connectivity index (χ0n) is 11.3. The molecule has 1 atom stereocenters. The van der Waals surface area contributed by atoms with Crippen molar-refractivity contribution in [2.24, 2.45) is 0 Å². The third kappa shape index (κ3) is 3.69. The topological polar surface area (TPSA) is 63.2 Å². The van der Waals surface area contributed by atoms with Gasteiger partial charge in [0.1, 0.15) is 0 Å². The predicted molar refractivity (Wildman–Crippen MR) is 80.9 cm³/mol. The minimum atomic E-state index is -0.0615. The Balaban J connectivity index is 0.00000147. The van der Waals surface area contributed by atoms with E-state index in [9.17, 15) is 4.79 Å². The highest BCUT2D eigenvalue weighted by Crippen LogP contribution is 2.26. The van der Waals surface area contributed by atoms with Crippen LogP contribution in [0.3, 0.4) is 0 Å². The molecular weight excluding hydrogens is 298 g/mol. The summed E-state index contributed by atoms with van der Waals surface area (Å²) in [5.74, 6) is -0.0615. The van der Waals surface area contributed by atoms with Gasteiger partial charge in [0.15, 0.2) is 5.01 Å². The lowest BCUT2D eigenvalue weighted by Crippen LogP contribution is -2.45. The van der Waals surface area contributed by atoms with Gasteiger partial charge in [0.05, 0.1) is 18.4 Å². The summed E-state index contributed by atoms with van der Waals surface area (Å²) in [6, 6.07) is 0. The van der Waals surface area contributed by atoms with Gasteiger partial charge in [-0.3, -0.25) is 4.79 Å². The van der Waals surface area contributed by atoms with Crippen LogP contribution in [-0.4, -0.2) is 43.2 Å². The Kier molecular flexibility index (Phi) is 5.77. The molecule has 1 aromatic heterocycles. The molecular formula is C13H20ClN3O2S. The fourth-order valence-electron chi connectivity index (χ4n) is 2.48. The third-order valence-corrected chi connectivity index (χ3v) is 4.69. The summed E-state index contributed by atoms with van der Waals surface area (Å²) in [6.45, 7) is 2.96. The van der Waals surface area contributed by atoms with Gasteiger partial charge >= 0.3 is 0 Å². The SMILES string of the molecule is Cl.O=C(NCC1CNCCO1)c1nc2c(s1)CCCC2. The predicted octanol–water partition coefficient (Wildman–Crippen LogP) is 1.16. The molecule has 1 amide bonds. The molecule has 3 rings (SSSR count). The lowest BCUT2D eigenvalue weighted by atomic mass is 10.0. The largest absolute Gasteiger partial charge is 0.374 e. The van der Waals surface area contributed by atoms with Crippen LogP contribution in [0.5, 0.6) is 0 Å². The summed E-state index contributed by atoms with van der Waals surface area (Å²) in [6.07, 6.45) is 4.59. The van der Waals surface area contributed by atoms with Crippen molar-refractivity contribution in [1.29, 1.82) is 0 Å². The summed E-state index contributed by atoms with van der Waals surface area (Å²) in [4.78, 5) is 17.8. The summed E-state index contributed by atoms with van der Waals surface area (Å²) in [5, 5.41) is 6.78. The fourth-order valence-corrected chi connectivity index (χ4v) is 3.55. The van der Waals surface area contributed by atoms with Gasteiger partial charge in [-0.25, -0.2) is 4.98 Å².